The molecule has 0 radical (unpaired) electrons. The summed E-state index contributed by atoms with van der Waals surface area (Å²) >= 11 is 0. The van der Waals surface area contributed by atoms with Crippen molar-refractivity contribution in [2.75, 3.05) is 0 Å². The van der Waals surface area contributed by atoms with Crippen molar-refractivity contribution in [2.45, 2.75) is 26.2 Å². The number of nitrogens with one attached hydrogen (secondary N) is 1. The average Bonchev–Trinajstić information content (AvgIpc) is 2.61. The lowest BCUT2D eigenvalue weighted by molar-refractivity contribution is 0.626. The SMILES string of the molecule is CCCCc1cc(F)cc2cc[nH]c12. The van der Waals surface area contributed by atoms with Gasteiger partial charge < -0.3 is 4.98 Å². The number of aromatic nitrogens is 1. The number of benzene rings is 1. The fourth-order valence-electron chi connectivity index (χ4n) is 1.77. The summed E-state index contributed by atoms with van der Waals surface area (Å²) in [5, 5.41) is 0.969. The molecule has 2 heteroatoms. The summed E-state index contributed by atoms with van der Waals surface area (Å²) in [6, 6.07) is 5.11. The van der Waals surface area contributed by atoms with Crippen molar-refractivity contribution < 1.29 is 4.39 Å². The van der Waals surface area contributed by atoms with Gasteiger partial charge in [-0.2, -0.15) is 0 Å². The summed E-state index contributed by atoms with van der Waals surface area (Å²) in [4.78, 5) is 3.16. The molecule has 14 heavy (non-hydrogen) atoms. The molecule has 0 bridgehead atoms. The average molecular weight is 191 g/mol. The van der Waals surface area contributed by atoms with Crippen LogP contribution in [0.1, 0.15) is 25.3 Å². The van der Waals surface area contributed by atoms with Crippen molar-refractivity contribution in [3.63, 3.8) is 0 Å². The molecule has 2 aromatic rings. The van der Waals surface area contributed by atoms with Gasteiger partial charge in [-0.05, 0) is 36.6 Å². The zero-order valence-electron chi connectivity index (χ0n) is 8.31. The number of aromatic amines is 1. The highest BCUT2D eigenvalue weighted by atomic mass is 19.1. The first-order valence-corrected chi connectivity index (χ1v) is 5.07. The van der Waals surface area contributed by atoms with Crippen molar-refractivity contribution in [2.24, 2.45) is 0 Å². The number of H-pyrrole nitrogens is 1. The molecule has 0 aliphatic rings. The molecule has 1 heterocycles. The zero-order chi connectivity index (χ0) is 9.97. The first-order chi connectivity index (χ1) is 6.81. The van der Waals surface area contributed by atoms with Gasteiger partial charge in [-0.15, -0.1) is 0 Å². The fraction of sp³-hybridized carbons (Fsp3) is 0.333. The van der Waals surface area contributed by atoms with Crippen molar-refractivity contribution in [3.8, 4) is 0 Å². The fourth-order valence-corrected chi connectivity index (χ4v) is 1.77. The van der Waals surface area contributed by atoms with Crippen LogP contribution >= 0.6 is 0 Å². The summed E-state index contributed by atoms with van der Waals surface area (Å²) in [6.45, 7) is 2.14. The van der Waals surface area contributed by atoms with Gasteiger partial charge in [0.15, 0.2) is 0 Å². The number of unbranched alkanes of at least 4 members (excludes halogenated alkanes) is 1. The molecule has 0 aliphatic heterocycles. The van der Waals surface area contributed by atoms with Gasteiger partial charge in [0.1, 0.15) is 5.82 Å². The lowest BCUT2D eigenvalue weighted by Gasteiger charge is -2.02. The van der Waals surface area contributed by atoms with Crippen LogP contribution < -0.4 is 0 Å². The Bertz CT molecular complexity index is 431. The lowest BCUT2D eigenvalue weighted by Crippen LogP contribution is -1.88. The molecule has 0 saturated heterocycles. The van der Waals surface area contributed by atoms with E-state index in [1.54, 1.807) is 12.1 Å². The van der Waals surface area contributed by atoms with Crippen LogP contribution in [0.2, 0.25) is 0 Å². The normalized spacial score (nSPS) is 11.0. The van der Waals surface area contributed by atoms with E-state index in [9.17, 15) is 4.39 Å². The van der Waals surface area contributed by atoms with Crippen LogP contribution in [0.3, 0.4) is 0 Å². The van der Waals surface area contributed by atoms with Gasteiger partial charge in [0.25, 0.3) is 0 Å². The van der Waals surface area contributed by atoms with Crippen LogP contribution in [-0.4, -0.2) is 4.98 Å². The highest BCUT2D eigenvalue weighted by Crippen LogP contribution is 2.20. The molecule has 0 aliphatic carbocycles. The Kier molecular flexibility index (Phi) is 2.53. The Hall–Kier alpha value is -1.31. The highest BCUT2D eigenvalue weighted by molar-refractivity contribution is 5.82. The first-order valence-electron chi connectivity index (χ1n) is 5.07. The van der Waals surface area contributed by atoms with E-state index < -0.39 is 0 Å². The number of aryl methyl sites for hydroxylation is 1. The molecular formula is C12H14FN. The van der Waals surface area contributed by atoms with E-state index in [-0.39, 0.29) is 5.82 Å². The smallest absolute Gasteiger partial charge is 0.124 e. The lowest BCUT2D eigenvalue weighted by atomic mass is 10.1. The second-order valence-corrected chi connectivity index (χ2v) is 3.61. The minimum absolute atomic E-state index is 0.136. The molecule has 1 aromatic heterocycles. The molecule has 0 fully saturated rings. The van der Waals surface area contributed by atoms with Gasteiger partial charge in [-0.1, -0.05) is 13.3 Å². The second kappa shape index (κ2) is 3.82. The molecule has 0 atom stereocenters. The van der Waals surface area contributed by atoms with E-state index >= 15 is 0 Å². The van der Waals surface area contributed by atoms with Crippen LogP contribution in [0.5, 0.6) is 0 Å². The van der Waals surface area contributed by atoms with Crippen LogP contribution in [0.4, 0.5) is 4.39 Å². The zero-order valence-corrected chi connectivity index (χ0v) is 8.31. The van der Waals surface area contributed by atoms with Gasteiger partial charge in [-0.25, -0.2) is 4.39 Å². The molecule has 0 amide bonds. The number of fused-ring (bicyclic) bond motifs is 1. The van der Waals surface area contributed by atoms with E-state index in [1.807, 2.05) is 12.3 Å². The number of hydrogen-bond acceptors (Lipinski definition) is 0. The number of hydrogen-bond donors (Lipinski definition) is 1. The van der Waals surface area contributed by atoms with Crippen LogP contribution in [0.25, 0.3) is 10.9 Å². The third kappa shape index (κ3) is 1.65. The van der Waals surface area contributed by atoms with E-state index in [1.165, 1.54) is 0 Å². The summed E-state index contributed by atoms with van der Waals surface area (Å²) < 4.78 is 13.2. The van der Waals surface area contributed by atoms with Gasteiger partial charge in [0, 0.05) is 17.1 Å². The molecule has 0 unspecified atom stereocenters. The highest BCUT2D eigenvalue weighted by Gasteiger charge is 2.04. The molecule has 0 spiro atoms. The van der Waals surface area contributed by atoms with Gasteiger partial charge in [-0.3, -0.25) is 0 Å². The predicted octanol–water partition coefficient (Wildman–Crippen LogP) is 3.65. The third-order valence-electron chi connectivity index (χ3n) is 2.51. The Morgan fingerprint density at radius 2 is 2.21 bits per heavy atom. The maximum absolute atomic E-state index is 13.2. The van der Waals surface area contributed by atoms with Gasteiger partial charge in [0.2, 0.25) is 0 Å². The molecule has 1 N–H and O–H groups in total. The van der Waals surface area contributed by atoms with Crippen molar-refractivity contribution in [1.82, 2.24) is 4.98 Å². The van der Waals surface area contributed by atoms with E-state index in [2.05, 4.69) is 11.9 Å². The summed E-state index contributed by atoms with van der Waals surface area (Å²) in [7, 11) is 0. The van der Waals surface area contributed by atoms with Crippen molar-refractivity contribution >= 4 is 10.9 Å². The van der Waals surface area contributed by atoms with Crippen LogP contribution in [0, 0.1) is 5.82 Å². The maximum atomic E-state index is 13.2. The second-order valence-electron chi connectivity index (χ2n) is 3.61. The van der Waals surface area contributed by atoms with E-state index in [4.69, 9.17) is 0 Å². The minimum atomic E-state index is -0.136. The Morgan fingerprint density at radius 3 is 3.00 bits per heavy atom. The molecule has 1 aromatic carbocycles. The summed E-state index contributed by atoms with van der Waals surface area (Å²) in [6.07, 6.45) is 5.06. The van der Waals surface area contributed by atoms with Gasteiger partial charge in [0.05, 0.1) is 0 Å². The van der Waals surface area contributed by atoms with Crippen LogP contribution in [-0.2, 0) is 6.42 Å². The Labute approximate surface area is 82.9 Å². The molecule has 2 rings (SSSR count). The van der Waals surface area contributed by atoms with Gasteiger partial charge >= 0.3 is 0 Å². The third-order valence-corrected chi connectivity index (χ3v) is 2.51. The quantitative estimate of drug-likeness (QED) is 0.762. The van der Waals surface area contributed by atoms with Crippen molar-refractivity contribution in [1.29, 1.82) is 0 Å². The number of rotatable bonds is 3. The van der Waals surface area contributed by atoms with E-state index in [0.717, 1.165) is 35.7 Å². The Balaban J connectivity index is 2.44. The van der Waals surface area contributed by atoms with Crippen molar-refractivity contribution in [3.05, 3.63) is 35.8 Å². The first kappa shape index (κ1) is 9.25. The Morgan fingerprint density at radius 1 is 1.36 bits per heavy atom. The topological polar surface area (TPSA) is 15.8 Å². The summed E-state index contributed by atoms with van der Waals surface area (Å²) in [5.74, 6) is -0.136. The minimum Gasteiger partial charge on any atom is -0.361 e. The van der Waals surface area contributed by atoms with E-state index in [0.29, 0.717) is 0 Å². The maximum Gasteiger partial charge on any atom is 0.124 e. The molecule has 74 valence electrons. The summed E-state index contributed by atoms with van der Waals surface area (Å²) in [5.41, 5.74) is 2.17. The molecular weight excluding hydrogens is 177 g/mol. The largest absolute Gasteiger partial charge is 0.361 e. The molecule has 0 saturated carbocycles. The monoisotopic (exact) mass is 191 g/mol. The standard InChI is InChI=1S/C12H14FN/c1-2-3-4-9-7-11(13)8-10-5-6-14-12(9)10/h5-8,14H,2-4H2,1H3. The molecule has 1 nitrogen and oxygen atoms in total. The predicted molar refractivity (Wildman–Crippen MR) is 56.9 cm³/mol. The number of halogens is 1. The van der Waals surface area contributed by atoms with Crippen LogP contribution in [0.15, 0.2) is 24.4 Å².